The molecule has 0 unspecified atom stereocenters. The third-order valence-corrected chi connectivity index (χ3v) is 3.58. The van der Waals surface area contributed by atoms with Gasteiger partial charge in [0.05, 0.1) is 0 Å². The summed E-state index contributed by atoms with van der Waals surface area (Å²) in [5, 5.41) is 3.40. The molecule has 1 N–H and O–H groups in total. The first-order valence-corrected chi connectivity index (χ1v) is 6.87. The van der Waals surface area contributed by atoms with Crippen molar-refractivity contribution in [3.05, 3.63) is 28.8 Å². The Kier molecular flexibility index (Phi) is 4.84. The fraction of sp³-hybridized carbons (Fsp3) is 0.429. The molecular formula is C14H17ClN2O3. The minimum Gasteiger partial charge on any atom is -0.484 e. The van der Waals surface area contributed by atoms with Crippen molar-refractivity contribution in [2.45, 2.75) is 13.3 Å². The third-order valence-electron chi connectivity index (χ3n) is 3.16. The normalized spacial score (nSPS) is 15.5. The summed E-state index contributed by atoms with van der Waals surface area (Å²) >= 11 is 5.93. The smallest absolute Gasteiger partial charge is 0.260 e. The average Bonchev–Trinajstić information content (AvgIpc) is 2.64. The van der Waals surface area contributed by atoms with Gasteiger partial charge in [-0.15, -0.1) is 0 Å². The quantitative estimate of drug-likeness (QED) is 0.917. The van der Waals surface area contributed by atoms with Gasteiger partial charge in [-0.1, -0.05) is 11.6 Å². The topological polar surface area (TPSA) is 58.6 Å². The molecule has 1 heterocycles. The molecule has 0 radical (unpaired) electrons. The molecule has 1 saturated heterocycles. The minimum absolute atomic E-state index is 0.0189. The maximum atomic E-state index is 12.0. The first-order valence-electron chi connectivity index (χ1n) is 6.49. The van der Waals surface area contributed by atoms with Crippen LogP contribution in [0.2, 0.25) is 5.02 Å². The predicted molar refractivity (Wildman–Crippen MR) is 75.9 cm³/mol. The second-order valence-electron chi connectivity index (χ2n) is 4.68. The zero-order valence-electron chi connectivity index (χ0n) is 11.3. The van der Waals surface area contributed by atoms with E-state index < -0.39 is 0 Å². The average molecular weight is 297 g/mol. The first-order chi connectivity index (χ1) is 9.56. The third kappa shape index (κ3) is 3.87. The molecule has 0 saturated carbocycles. The summed E-state index contributed by atoms with van der Waals surface area (Å²) in [4.78, 5) is 24.9. The second kappa shape index (κ2) is 6.61. The Balaban J connectivity index is 1.88. The predicted octanol–water partition coefficient (Wildman–Crippen LogP) is 1.38. The number of carbonyl (C=O) groups excluding carboxylic acids is 2. The Hall–Kier alpha value is -1.75. The summed E-state index contributed by atoms with van der Waals surface area (Å²) in [6, 6.07) is 5.27. The Morgan fingerprint density at radius 1 is 1.45 bits per heavy atom. The molecule has 108 valence electrons. The van der Waals surface area contributed by atoms with E-state index in [9.17, 15) is 9.59 Å². The van der Waals surface area contributed by atoms with Gasteiger partial charge in [-0.25, -0.2) is 0 Å². The lowest BCUT2D eigenvalue weighted by atomic mass is 10.2. The number of rotatable bonds is 3. The highest BCUT2D eigenvalue weighted by Crippen LogP contribution is 2.21. The van der Waals surface area contributed by atoms with Crippen LogP contribution in [-0.4, -0.2) is 43.0 Å². The van der Waals surface area contributed by atoms with Crippen LogP contribution in [0.5, 0.6) is 5.75 Å². The molecule has 0 aliphatic carbocycles. The minimum atomic E-state index is -0.117. The van der Waals surface area contributed by atoms with E-state index in [-0.39, 0.29) is 18.4 Å². The van der Waals surface area contributed by atoms with Crippen molar-refractivity contribution in [3.63, 3.8) is 0 Å². The molecule has 1 aromatic carbocycles. The summed E-state index contributed by atoms with van der Waals surface area (Å²) in [6.45, 7) is 3.30. The van der Waals surface area contributed by atoms with Gasteiger partial charge >= 0.3 is 0 Å². The lowest BCUT2D eigenvalue weighted by molar-refractivity contribution is -0.133. The number of ether oxygens (including phenoxy) is 1. The van der Waals surface area contributed by atoms with Crippen LogP contribution in [-0.2, 0) is 9.59 Å². The van der Waals surface area contributed by atoms with Crippen LogP contribution in [0.3, 0.4) is 0 Å². The van der Waals surface area contributed by atoms with E-state index >= 15 is 0 Å². The summed E-state index contributed by atoms with van der Waals surface area (Å²) in [7, 11) is 0. The van der Waals surface area contributed by atoms with E-state index in [4.69, 9.17) is 16.3 Å². The monoisotopic (exact) mass is 296 g/mol. The zero-order chi connectivity index (χ0) is 14.5. The molecule has 1 aliphatic rings. The molecule has 6 heteroatoms. The van der Waals surface area contributed by atoms with E-state index in [0.29, 0.717) is 36.8 Å². The molecular weight excluding hydrogens is 280 g/mol. The van der Waals surface area contributed by atoms with Crippen LogP contribution in [0.25, 0.3) is 0 Å². The largest absolute Gasteiger partial charge is 0.484 e. The van der Waals surface area contributed by atoms with E-state index in [1.54, 1.807) is 23.1 Å². The lowest BCUT2D eigenvalue weighted by Gasteiger charge is -2.19. The highest BCUT2D eigenvalue weighted by atomic mass is 35.5. The summed E-state index contributed by atoms with van der Waals surface area (Å²) in [5.74, 6) is 0.480. The highest BCUT2D eigenvalue weighted by Gasteiger charge is 2.18. The van der Waals surface area contributed by atoms with Gasteiger partial charge in [-0.05, 0) is 30.7 Å². The number of carbonyl (C=O) groups is 2. The zero-order valence-corrected chi connectivity index (χ0v) is 12.1. The highest BCUT2D eigenvalue weighted by molar-refractivity contribution is 6.31. The van der Waals surface area contributed by atoms with Crippen molar-refractivity contribution in [2.75, 3.05) is 26.2 Å². The van der Waals surface area contributed by atoms with E-state index in [2.05, 4.69) is 5.32 Å². The van der Waals surface area contributed by atoms with Gasteiger partial charge < -0.3 is 15.0 Å². The molecule has 2 amide bonds. The van der Waals surface area contributed by atoms with Crippen molar-refractivity contribution < 1.29 is 14.3 Å². The fourth-order valence-corrected chi connectivity index (χ4v) is 2.08. The Morgan fingerprint density at radius 3 is 3.00 bits per heavy atom. The van der Waals surface area contributed by atoms with Crippen molar-refractivity contribution in [3.8, 4) is 5.75 Å². The molecule has 1 aliphatic heterocycles. The van der Waals surface area contributed by atoms with Crippen molar-refractivity contribution in [1.82, 2.24) is 10.2 Å². The number of halogens is 1. The van der Waals surface area contributed by atoms with Gasteiger partial charge in [0, 0.05) is 31.1 Å². The Bertz CT molecular complexity index is 519. The molecule has 5 nitrogen and oxygen atoms in total. The second-order valence-corrected chi connectivity index (χ2v) is 5.09. The van der Waals surface area contributed by atoms with Gasteiger partial charge in [0.2, 0.25) is 5.91 Å². The van der Waals surface area contributed by atoms with Gasteiger partial charge in [0.1, 0.15) is 5.75 Å². The van der Waals surface area contributed by atoms with Crippen LogP contribution in [0.4, 0.5) is 0 Å². The van der Waals surface area contributed by atoms with Crippen LogP contribution < -0.4 is 10.1 Å². The standard InChI is InChI=1S/C14H17ClN2O3/c1-10-8-11(2-3-12(10)15)20-9-14(19)17-6-4-13(18)16-5-7-17/h2-3,8H,4-7,9H2,1H3,(H,16,18). The van der Waals surface area contributed by atoms with Gasteiger partial charge in [0.15, 0.2) is 6.61 Å². The van der Waals surface area contributed by atoms with E-state index in [0.717, 1.165) is 5.56 Å². The molecule has 1 fully saturated rings. The Morgan fingerprint density at radius 2 is 2.25 bits per heavy atom. The lowest BCUT2D eigenvalue weighted by Crippen LogP contribution is -2.37. The molecule has 0 spiro atoms. The molecule has 0 bridgehead atoms. The number of aryl methyl sites for hydroxylation is 1. The van der Waals surface area contributed by atoms with Gasteiger partial charge in [-0.3, -0.25) is 9.59 Å². The van der Waals surface area contributed by atoms with Crippen LogP contribution >= 0.6 is 11.6 Å². The number of amides is 2. The SMILES string of the molecule is Cc1cc(OCC(=O)N2CCNC(=O)CC2)ccc1Cl. The Labute approximate surface area is 122 Å². The summed E-state index contributed by atoms with van der Waals surface area (Å²) in [6.07, 6.45) is 0.339. The molecule has 2 rings (SSSR count). The van der Waals surface area contributed by atoms with Crippen molar-refractivity contribution >= 4 is 23.4 Å². The van der Waals surface area contributed by atoms with Crippen molar-refractivity contribution in [1.29, 1.82) is 0 Å². The van der Waals surface area contributed by atoms with Gasteiger partial charge in [-0.2, -0.15) is 0 Å². The molecule has 20 heavy (non-hydrogen) atoms. The fourth-order valence-electron chi connectivity index (χ4n) is 1.96. The first kappa shape index (κ1) is 14.7. The molecule has 0 atom stereocenters. The van der Waals surface area contributed by atoms with E-state index in [1.807, 2.05) is 6.92 Å². The molecule has 0 aromatic heterocycles. The van der Waals surface area contributed by atoms with Crippen molar-refractivity contribution in [2.24, 2.45) is 0 Å². The molecule has 1 aromatic rings. The van der Waals surface area contributed by atoms with E-state index in [1.165, 1.54) is 0 Å². The summed E-state index contributed by atoms with van der Waals surface area (Å²) < 4.78 is 5.47. The summed E-state index contributed by atoms with van der Waals surface area (Å²) in [5.41, 5.74) is 0.904. The number of hydrogen-bond donors (Lipinski definition) is 1. The van der Waals surface area contributed by atoms with Crippen LogP contribution in [0.15, 0.2) is 18.2 Å². The maximum Gasteiger partial charge on any atom is 0.260 e. The van der Waals surface area contributed by atoms with Crippen LogP contribution in [0, 0.1) is 6.92 Å². The van der Waals surface area contributed by atoms with Crippen LogP contribution in [0.1, 0.15) is 12.0 Å². The van der Waals surface area contributed by atoms with Gasteiger partial charge in [0.25, 0.3) is 5.91 Å². The maximum absolute atomic E-state index is 12.0. The number of benzene rings is 1. The number of nitrogens with zero attached hydrogens (tertiary/aromatic N) is 1. The number of hydrogen-bond acceptors (Lipinski definition) is 3. The number of nitrogens with one attached hydrogen (secondary N) is 1.